The van der Waals surface area contributed by atoms with Gasteiger partial charge in [0.25, 0.3) is 0 Å². The third-order valence-corrected chi connectivity index (χ3v) is 3.28. The summed E-state index contributed by atoms with van der Waals surface area (Å²) < 4.78 is 1.82. The molecule has 0 aliphatic carbocycles. The number of aromatic nitrogens is 1. The highest BCUT2D eigenvalue weighted by Gasteiger charge is 2.11. The van der Waals surface area contributed by atoms with E-state index in [1.807, 2.05) is 42.7 Å². The van der Waals surface area contributed by atoms with Gasteiger partial charge < -0.3 is 9.88 Å². The highest BCUT2D eigenvalue weighted by atomic mass is 16.2. The molecule has 2 rings (SSSR count). The van der Waals surface area contributed by atoms with E-state index < -0.39 is 0 Å². The average molecular weight is 258 g/mol. The van der Waals surface area contributed by atoms with Crippen molar-refractivity contribution >= 4 is 23.1 Å². The molecule has 1 aromatic carbocycles. The fourth-order valence-electron chi connectivity index (χ4n) is 2.08. The first kappa shape index (κ1) is 13.3. The van der Waals surface area contributed by atoms with Gasteiger partial charge in [0.05, 0.1) is 0 Å². The number of carbonyl (C=O) groups excluding carboxylic acids is 2. The molecule has 4 nitrogen and oxygen atoms in total. The van der Waals surface area contributed by atoms with Crippen molar-refractivity contribution in [1.82, 2.24) is 9.88 Å². The molecule has 4 heteroatoms. The third-order valence-electron chi connectivity index (χ3n) is 3.28. The second kappa shape index (κ2) is 5.69. The number of nitrogens with zero attached hydrogens (tertiary/aromatic N) is 1. The van der Waals surface area contributed by atoms with Gasteiger partial charge in [0.2, 0.25) is 5.91 Å². The van der Waals surface area contributed by atoms with E-state index in [9.17, 15) is 9.59 Å². The predicted octanol–water partition coefficient (Wildman–Crippen LogP) is 2.37. The van der Waals surface area contributed by atoms with Crippen LogP contribution in [0.25, 0.3) is 10.9 Å². The Hall–Kier alpha value is -2.10. The van der Waals surface area contributed by atoms with Crippen molar-refractivity contribution in [2.75, 3.05) is 0 Å². The molecule has 1 heterocycles. The summed E-state index contributed by atoms with van der Waals surface area (Å²) in [4.78, 5) is 22.9. The van der Waals surface area contributed by atoms with Crippen LogP contribution in [-0.2, 0) is 11.3 Å². The Balaban J connectivity index is 2.26. The lowest BCUT2D eigenvalue weighted by molar-refractivity contribution is -0.122. The van der Waals surface area contributed by atoms with Gasteiger partial charge in [0.15, 0.2) is 6.29 Å². The molecule has 1 amide bonds. The van der Waals surface area contributed by atoms with E-state index in [2.05, 4.69) is 5.32 Å². The summed E-state index contributed by atoms with van der Waals surface area (Å²) in [6, 6.07) is 7.76. The Morgan fingerprint density at radius 1 is 1.42 bits per heavy atom. The first-order chi connectivity index (χ1) is 9.15. The minimum Gasteiger partial charge on any atom is -0.352 e. The van der Waals surface area contributed by atoms with Gasteiger partial charge in [-0.2, -0.15) is 0 Å². The molecule has 0 radical (unpaired) electrons. The van der Waals surface area contributed by atoms with E-state index in [4.69, 9.17) is 0 Å². The molecular weight excluding hydrogens is 240 g/mol. The number of aldehydes is 1. The number of fused-ring (bicyclic) bond motifs is 1. The number of rotatable bonds is 5. The molecule has 0 saturated carbocycles. The van der Waals surface area contributed by atoms with E-state index in [0.717, 1.165) is 23.6 Å². The number of carbonyl (C=O) groups is 2. The fraction of sp³-hybridized carbons (Fsp3) is 0.333. The molecule has 100 valence electrons. The summed E-state index contributed by atoms with van der Waals surface area (Å²) in [5.41, 5.74) is 1.52. The Bertz CT molecular complexity index is 601. The minimum atomic E-state index is -0.0347. The second-order valence-corrected chi connectivity index (χ2v) is 4.72. The molecule has 1 aromatic heterocycles. The minimum absolute atomic E-state index is 0.0347. The van der Waals surface area contributed by atoms with Gasteiger partial charge in [-0.05, 0) is 19.4 Å². The maximum absolute atomic E-state index is 11.9. The Morgan fingerprint density at radius 2 is 2.16 bits per heavy atom. The lowest BCUT2D eigenvalue weighted by Crippen LogP contribution is -2.34. The van der Waals surface area contributed by atoms with Gasteiger partial charge in [0, 0.05) is 28.7 Å². The largest absolute Gasteiger partial charge is 0.352 e. The molecular formula is C15H18N2O2. The Labute approximate surface area is 112 Å². The van der Waals surface area contributed by atoms with E-state index in [1.54, 1.807) is 6.20 Å². The van der Waals surface area contributed by atoms with Gasteiger partial charge in [-0.3, -0.25) is 9.59 Å². The number of hydrogen-bond acceptors (Lipinski definition) is 2. The SMILES string of the molecule is CC[C@H](C)NC(=O)Cn1cc(C=O)c2ccccc21. The standard InChI is InChI=1S/C15H18N2O2/c1-3-11(2)16-15(19)9-17-8-12(10-18)13-6-4-5-7-14(13)17/h4-8,10-11H,3,9H2,1-2H3,(H,16,19)/t11-/m0/s1. The Kier molecular flexibility index (Phi) is 4.00. The molecule has 19 heavy (non-hydrogen) atoms. The average Bonchev–Trinajstić information content (AvgIpc) is 2.77. The summed E-state index contributed by atoms with van der Waals surface area (Å²) in [6.07, 6.45) is 3.46. The van der Waals surface area contributed by atoms with Crippen LogP contribution in [0.1, 0.15) is 30.6 Å². The van der Waals surface area contributed by atoms with Crippen LogP contribution in [0.2, 0.25) is 0 Å². The summed E-state index contributed by atoms with van der Waals surface area (Å²) in [7, 11) is 0. The molecule has 0 aliphatic rings. The zero-order valence-corrected chi connectivity index (χ0v) is 11.2. The zero-order valence-electron chi connectivity index (χ0n) is 11.2. The quantitative estimate of drug-likeness (QED) is 0.837. The molecule has 0 fully saturated rings. The zero-order chi connectivity index (χ0) is 13.8. The normalized spacial score (nSPS) is 12.3. The van der Waals surface area contributed by atoms with Gasteiger partial charge in [-0.1, -0.05) is 25.1 Å². The van der Waals surface area contributed by atoms with Crippen LogP contribution in [0.4, 0.5) is 0 Å². The van der Waals surface area contributed by atoms with E-state index in [1.165, 1.54) is 0 Å². The lowest BCUT2D eigenvalue weighted by atomic mass is 10.2. The van der Waals surface area contributed by atoms with Crippen molar-refractivity contribution < 1.29 is 9.59 Å². The fourth-order valence-corrected chi connectivity index (χ4v) is 2.08. The maximum atomic E-state index is 11.9. The lowest BCUT2D eigenvalue weighted by Gasteiger charge is -2.12. The van der Waals surface area contributed by atoms with Crippen LogP contribution in [0.5, 0.6) is 0 Å². The molecule has 0 aliphatic heterocycles. The van der Waals surface area contributed by atoms with Crippen molar-refractivity contribution in [1.29, 1.82) is 0 Å². The first-order valence-corrected chi connectivity index (χ1v) is 6.48. The molecule has 2 aromatic rings. The number of amides is 1. The van der Waals surface area contributed by atoms with Gasteiger partial charge in [0.1, 0.15) is 6.54 Å². The number of para-hydroxylation sites is 1. The molecule has 1 N–H and O–H groups in total. The molecule has 0 bridgehead atoms. The highest BCUT2D eigenvalue weighted by Crippen LogP contribution is 2.19. The highest BCUT2D eigenvalue weighted by molar-refractivity contribution is 5.98. The van der Waals surface area contributed by atoms with Crippen LogP contribution < -0.4 is 5.32 Å². The Morgan fingerprint density at radius 3 is 2.84 bits per heavy atom. The second-order valence-electron chi connectivity index (χ2n) is 4.72. The summed E-state index contributed by atoms with van der Waals surface area (Å²) in [5, 5.41) is 3.81. The van der Waals surface area contributed by atoms with Crippen LogP contribution in [0.15, 0.2) is 30.5 Å². The van der Waals surface area contributed by atoms with Crippen LogP contribution in [0, 0.1) is 0 Å². The van der Waals surface area contributed by atoms with Crippen molar-refractivity contribution in [2.45, 2.75) is 32.9 Å². The van der Waals surface area contributed by atoms with Gasteiger partial charge in [-0.25, -0.2) is 0 Å². The molecule has 1 atom stereocenters. The molecule has 0 unspecified atom stereocenters. The molecule has 0 saturated heterocycles. The van der Waals surface area contributed by atoms with Gasteiger partial charge >= 0.3 is 0 Å². The van der Waals surface area contributed by atoms with Crippen molar-refractivity contribution in [3.05, 3.63) is 36.0 Å². The maximum Gasteiger partial charge on any atom is 0.240 e. The van der Waals surface area contributed by atoms with Crippen molar-refractivity contribution in [3.8, 4) is 0 Å². The summed E-state index contributed by atoms with van der Waals surface area (Å²) in [5.74, 6) is -0.0347. The summed E-state index contributed by atoms with van der Waals surface area (Å²) in [6.45, 7) is 4.24. The van der Waals surface area contributed by atoms with Crippen molar-refractivity contribution in [3.63, 3.8) is 0 Å². The third kappa shape index (κ3) is 2.84. The van der Waals surface area contributed by atoms with Crippen LogP contribution in [-0.4, -0.2) is 22.8 Å². The number of nitrogens with one attached hydrogen (secondary N) is 1. The topological polar surface area (TPSA) is 51.1 Å². The van der Waals surface area contributed by atoms with E-state index in [0.29, 0.717) is 5.56 Å². The smallest absolute Gasteiger partial charge is 0.240 e. The van der Waals surface area contributed by atoms with Crippen LogP contribution >= 0.6 is 0 Å². The predicted molar refractivity (Wildman–Crippen MR) is 75.2 cm³/mol. The van der Waals surface area contributed by atoms with Crippen molar-refractivity contribution in [2.24, 2.45) is 0 Å². The van der Waals surface area contributed by atoms with E-state index >= 15 is 0 Å². The first-order valence-electron chi connectivity index (χ1n) is 6.48. The molecule has 0 spiro atoms. The van der Waals surface area contributed by atoms with Gasteiger partial charge in [-0.15, -0.1) is 0 Å². The monoisotopic (exact) mass is 258 g/mol. The number of benzene rings is 1. The van der Waals surface area contributed by atoms with E-state index in [-0.39, 0.29) is 18.5 Å². The number of hydrogen-bond donors (Lipinski definition) is 1. The van der Waals surface area contributed by atoms with Crippen LogP contribution in [0.3, 0.4) is 0 Å². The summed E-state index contributed by atoms with van der Waals surface area (Å²) >= 11 is 0.